The molecular weight excluding hydrogens is 392 g/mol. The first-order valence-electron chi connectivity index (χ1n) is 12.6. The van der Waals surface area contributed by atoms with Gasteiger partial charge in [-0.15, -0.1) is 0 Å². The molecule has 4 heteroatoms. The van der Waals surface area contributed by atoms with Crippen molar-refractivity contribution in [3.63, 3.8) is 0 Å². The van der Waals surface area contributed by atoms with Crippen molar-refractivity contribution in [2.24, 2.45) is 0 Å². The molecular formula is C28H36N4. The smallest absolute Gasteiger partial charge is 0.0465 e. The van der Waals surface area contributed by atoms with Gasteiger partial charge in [0.05, 0.1) is 0 Å². The summed E-state index contributed by atoms with van der Waals surface area (Å²) in [5.41, 5.74) is 5.04. The van der Waals surface area contributed by atoms with E-state index in [-0.39, 0.29) is 0 Å². The molecule has 0 saturated carbocycles. The van der Waals surface area contributed by atoms with Crippen LogP contribution in [0, 0.1) is 0 Å². The van der Waals surface area contributed by atoms with Gasteiger partial charge in [0.1, 0.15) is 0 Å². The van der Waals surface area contributed by atoms with Crippen molar-refractivity contribution >= 4 is 16.6 Å². The first kappa shape index (κ1) is 20.3. The largest absolute Gasteiger partial charge is 0.371 e. The lowest BCUT2D eigenvalue weighted by atomic mass is 9.82. The van der Waals surface area contributed by atoms with Gasteiger partial charge in [0.25, 0.3) is 0 Å². The van der Waals surface area contributed by atoms with Gasteiger partial charge < -0.3 is 20.1 Å². The lowest BCUT2D eigenvalue weighted by Gasteiger charge is -2.48. The van der Waals surface area contributed by atoms with Crippen molar-refractivity contribution < 1.29 is 0 Å². The standard InChI is InChI=1S/C28H36N4/c1-31-24-8-5-9-25(31)19-23(18-24)29-22-12-14-32(15-13-22)26-10-4-7-20(16-26)28-17-21-6-2-3-11-27(21)30-28/h2-4,6-7,10-11,16-17,22-25,29-30H,5,8-9,12-15,18-19H2,1H3/t23-,24+,25-. The summed E-state index contributed by atoms with van der Waals surface area (Å²) in [6.07, 6.45) is 9.42. The minimum absolute atomic E-state index is 0.678. The Kier molecular flexibility index (Phi) is 5.44. The fraction of sp³-hybridized carbons (Fsp3) is 0.500. The third-order valence-corrected chi connectivity index (χ3v) is 8.36. The SMILES string of the molecule is CN1[C@@H]2CCC[C@H]1C[C@@H](NC1CCN(c3cccc(-c4cc5ccccc5[nH]4)c3)CC1)C2. The second-order valence-corrected chi connectivity index (χ2v) is 10.3. The number of fused-ring (bicyclic) bond motifs is 3. The van der Waals surface area contributed by atoms with E-state index in [9.17, 15) is 0 Å². The van der Waals surface area contributed by atoms with Crippen LogP contribution in [0.15, 0.2) is 54.6 Å². The van der Waals surface area contributed by atoms with Crippen molar-refractivity contribution in [2.45, 2.75) is 69.1 Å². The summed E-state index contributed by atoms with van der Waals surface area (Å²) < 4.78 is 0. The van der Waals surface area contributed by atoms with Crippen LogP contribution in [0.2, 0.25) is 0 Å². The highest BCUT2D eigenvalue weighted by Gasteiger charge is 2.36. The first-order valence-corrected chi connectivity index (χ1v) is 12.6. The maximum Gasteiger partial charge on any atom is 0.0465 e. The molecule has 3 aromatic rings. The van der Waals surface area contributed by atoms with E-state index in [1.165, 1.54) is 72.8 Å². The number of hydrogen-bond donors (Lipinski definition) is 2. The number of H-pyrrole nitrogens is 1. The van der Waals surface area contributed by atoms with Crippen molar-refractivity contribution in [1.82, 2.24) is 15.2 Å². The molecule has 6 rings (SSSR count). The van der Waals surface area contributed by atoms with Crippen molar-refractivity contribution in [2.75, 3.05) is 25.0 Å². The zero-order chi connectivity index (χ0) is 21.5. The zero-order valence-electron chi connectivity index (χ0n) is 19.3. The van der Waals surface area contributed by atoms with Gasteiger partial charge in [-0.2, -0.15) is 0 Å². The molecule has 2 N–H and O–H groups in total. The number of piperidine rings is 3. The fourth-order valence-corrected chi connectivity index (χ4v) is 6.49. The van der Waals surface area contributed by atoms with Crippen LogP contribution in [0.5, 0.6) is 0 Å². The van der Waals surface area contributed by atoms with Crippen LogP contribution in [0.3, 0.4) is 0 Å². The Hall–Kier alpha value is -2.30. The number of nitrogens with one attached hydrogen (secondary N) is 2. The van der Waals surface area contributed by atoms with Crippen LogP contribution >= 0.6 is 0 Å². The number of aromatic amines is 1. The van der Waals surface area contributed by atoms with Crippen LogP contribution in [0.25, 0.3) is 22.2 Å². The third kappa shape index (κ3) is 3.95. The molecule has 2 aromatic carbocycles. The van der Waals surface area contributed by atoms with Gasteiger partial charge in [0.2, 0.25) is 0 Å². The molecule has 168 valence electrons. The van der Waals surface area contributed by atoms with E-state index in [1.807, 2.05) is 0 Å². The molecule has 3 saturated heterocycles. The number of rotatable bonds is 4. The van der Waals surface area contributed by atoms with Gasteiger partial charge in [-0.1, -0.05) is 36.8 Å². The van der Waals surface area contributed by atoms with Crippen molar-refractivity contribution in [3.05, 3.63) is 54.6 Å². The summed E-state index contributed by atoms with van der Waals surface area (Å²) in [7, 11) is 2.35. The zero-order valence-corrected chi connectivity index (χ0v) is 19.3. The Morgan fingerprint density at radius 3 is 2.41 bits per heavy atom. The molecule has 3 aliphatic rings. The number of nitrogens with zero attached hydrogens (tertiary/aromatic N) is 2. The number of benzene rings is 2. The van der Waals surface area contributed by atoms with Gasteiger partial charge in [0, 0.05) is 59.5 Å². The average molecular weight is 429 g/mol. The summed E-state index contributed by atoms with van der Waals surface area (Å²) in [6, 6.07) is 22.9. The summed E-state index contributed by atoms with van der Waals surface area (Å²) in [5, 5.41) is 5.35. The quantitative estimate of drug-likeness (QED) is 0.583. The van der Waals surface area contributed by atoms with E-state index in [0.29, 0.717) is 6.04 Å². The summed E-state index contributed by atoms with van der Waals surface area (Å²) in [4.78, 5) is 8.83. The summed E-state index contributed by atoms with van der Waals surface area (Å²) in [5.74, 6) is 0. The normalized spacial score (nSPS) is 27.2. The Morgan fingerprint density at radius 1 is 0.844 bits per heavy atom. The summed E-state index contributed by atoms with van der Waals surface area (Å²) >= 11 is 0. The third-order valence-electron chi connectivity index (χ3n) is 8.36. The van der Waals surface area contributed by atoms with Crippen LogP contribution in [-0.4, -0.2) is 54.2 Å². The first-order chi connectivity index (χ1) is 15.7. The van der Waals surface area contributed by atoms with E-state index in [2.05, 4.69) is 81.7 Å². The molecule has 0 unspecified atom stereocenters. The van der Waals surface area contributed by atoms with Crippen molar-refractivity contribution in [1.29, 1.82) is 0 Å². The molecule has 0 amide bonds. The van der Waals surface area contributed by atoms with E-state index in [0.717, 1.165) is 31.2 Å². The number of para-hydroxylation sites is 1. The van der Waals surface area contributed by atoms with Gasteiger partial charge in [0.15, 0.2) is 0 Å². The molecule has 1 aromatic heterocycles. The monoisotopic (exact) mass is 428 g/mol. The highest BCUT2D eigenvalue weighted by atomic mass is 15.2. The summed E-state index contributed by atoms with van der Waals surface area (Å²) in [6.45, 7) is 2.29. The Balaban J connectivity index is 1.09. The molecule has 3 fully saturated rings. The minimum atomic E-state index is 0.678. The van der Waals surface area contributed by atoms with Gasteiger partial charge >= 0.3 is 0 Å². The van der Waals surface area contributed by atoms with Gasteiger partial charge in [-0.05, 0) is 75.4 Å². The predicted molar refractivity (Wildman–Crippen MR) is 134 cm³/mol. The van der Waals surface area contributed by atoms with Gasteiger partial charge in [-0.25, -0.2) is 0 Å². The number of anilines is 1. The fourth-order valence-electron chi connectivity index (χ4n) is 6.49. The molecule has 0 spiro atoms. The van der Waals surface area contributed by atoms with Crippen LogP contribution in [0.4, 0.5) is 5.69 Å². The molecule has 32 heavy (non-hydrogen) atoms. The Labute approximate surface area is 192 Å². The van der Waals surface area contributed by atoms with E-state index >= 15 is 0 Å². The highest BCUT2D eigenvalue weighted by molar-refractivity contribution is 5.86. The van der Waals surface area contributed by atoms with Gasteiger partial charge in [-0.3, -0.25) is 0 Å². The highest BCUT2D eigenvalue weighted by Crippen LogP contribution is 2.33. The Bertz CT molecular complexity index is 1020. The van der Waals surface area contributed by atoms with E-state index < -0.39 is 0 Å². The lowest BCUT2D eigenvalue weighted by molar-refractivity contribution is 0.0449. The van der Waals surface area contributed by atoms with E-state index in [4.69, 9.17) is 0 Å². The second kappa shape index (κ2) is 8.57. The van der Waals surface area contributed by atoms with E-state index in [1.54, 1.807) is 0 Å². The molecule has 2 bridgehead atoms. The molecule has 3 aliphatic heterocycles. The molecule has 4 heterocycles. The molecule has 3 atom stereocenters. The molecule has 0 radical (unpaired) electrons. The average Bonchev–Trinajstić information content (AvgIpc) is 3.25. The molecule has 4 nitrogen and oxygen atoms in total. The molecule has 0 aliphatic carbocycles. The maximum absolute atomic E-state index is 4.07. The van der Waals surface area contributed by atoms with Crippen LogP contribution < -0.4 is 10.2 Å². The minimum Gasteiger partial charge on any atom is -0.371 e. The number of aromatic nitrogens is 1. The topological polar surface area (TPSA) is 34.3 Å². The number of hydrogen-bond acceptors (Lipinski definition) is 3. The van der Waals surface area contributed by atoms with Crippen LogP contribution in [0.1, 0.15) is 44.9 Å². The Morgan fingerprint density at radius 2 is 1.62 bits per heavy atom. The predicted octanol–water partition coefficient (Wildman–Crippen LogP) is 5.41. The lowest BCUT2D eigenvalue weighted by Crippen LogP contribution is -2.56. The van der Waals surface area contributed by atoms with Crippen molar-refractivity contribution in [3.8, 4) is 11.3 Å². The maximum atomic E-state index is 4.07. The second-order valence-electron chi connectivity index (χ2n) is 10.3. The van der Waals surface area contributed by atoms with Crippen LogP contribution in [-0.2, 0) is 0 Å².